The number of carbonyl (C=O) groups is 4. The van der Waals surface area contributed by atoms with E-state index in [1.165, 1.54) is 14.0 Å². The number of cyclic esters (lactones) is 1. The number of hydrogen-bond acceptors (Lipinski definition) is 8. The minimum Gasteiger partial charge on any atom is -0.472 e. The van der Waals surface area contributed by atoms with Gasteiger partial charge in [-0.05, 0) is 49.3 Å². The number of methoxy groups -OCH3 is 1. The van der Waals surface area contributed by atoms with E-state index in [4.69, 9.17) is 18.6 Å². The van der Waals surface area contributed by atoms with E-state index >= 15 is 0 Å². The van der Waals surface area contributed by atoms with Gasteiger partial charge in [-0.15, -0.1) is 0 Å². The predicted octanol–water partition coefficient (Wildman–Crippen LogP) is 4.65. The highest BCUT2D eigenvalue weighted by Gasteiger charge is 2.67. The molecule has 1 aromatic heterocycles. The monoisotopic (exact) mass is 510 g/mol. The molecule has 2 heterocycles. The van der Waals surface area contributed by atoms with Crippen LogP contribution in [0.4, 0.5) is 0 Å². The van der Waals surface area contributed by atoms with Crippen LogP contribution in [0.2, 0.25) is 0 Å². The molecule has 5 rings (SSSR count). The molecule has 1 fully saturated rings. The van der Waals surface area contributed by atoms with Crippen LogP contribution in [-0.2, 0) is 33.4 Å². The van der Waals surface area contributed by atoms with Gasteiger partial charge >= 0.3 is 17.9 Å². The summed E-state index contributed by atoms with van der Waals surface area (Å²) in [5.74, 6) is -2.40. The first-order chi connectivity index (χ1) is 17.4. The molecule has 1 aliphatic heterocycles. The summed E-state index contributed by atoms with van der Waals surface area (Å²) < 4.78 is 22.0. The van der Waals surface area contributed by atoms with Gasteiger partial charge in [0.2, 0.25) is 0 Å². The first-order valence-corrected chi connectivity index (χ1v) is 12.8. The molecule has 0 spiro atoms. The Morgan fingerprint density at radius 2 is 1.89 bits per heavy atom. The van der Waals surface area contributed by atoms with Crippen molar-refractivity contribution in [2.75, 3.05) is 7.11 Å². The average Bonchev–Trinajstić information content (AvgIpc) is 3.36. The minimum absolute atomic E-state index is 0.0142. The molecule has 0 saturated heterocycles. The van der Waals surface area contributed by atoms with Crippen LogP contribution < -0.4 is 0 Å². The van der Waals surface area contributed by atoms with Crippen LogP contribution in [0.25, 0.3) is 0 Å². The summed E-state index contributed by atoms with van der Waals surface area (Å²) in [5.41, 5.74) is 1.40. The second-order valence-electron chi connectivity index (χ2n) is 11.9. The van der Waals surface area contributed by atoms with E-state index in [2.05, 4.69) is 6.92 Å². The number of Topliss-reactive ketones (excluding diaryl/α,β-unsaturated/α-hetero) is 1. The number of ether oxygens (including phenoxy) is 3. The fraction of sp³-hybridized carbons (Fsp3) is 0.586. The van der Waals surface area contributed by atoms with Crippen LogP contribution in [-0.4, -0.2) is 36.9 Å². The normalized spacial score (nSPS) is 36.1. The van der Waals surface area contributed by atoms with Crippen LogP contribution in [0.3, 0.4) is 0 Å². The molecule has 6 unspecified atom stereocenters. The van der Waals surface area contributed by atoms with Crippen molar-refractivity contribution in [3.05, 3.63) is 47.0 Å². The van der Waals surface area contributed by atoms with E-state index in [0.717, 1.165) is 22.3 Å². The fourth-order valence-corrected chi connectivity index (χ4v) is 7.83. The van der Waals surface area contributed by atoms with Gasteiger partial charge in [-0.25, -0.2) is 4.79 Å². The standard InChI is InChI=1S/C29H34O8/c1-15(30)36-26-18-11-17-19(29(5,24(18)33)21(27(26,2)3)13-22(31)34-6)7-9-28(4)20(17)12-23(32)37-25(28)16-8-10-35-14-16/h8,10,12,14,18,21,25-26H,7,9,11,13H2,1-6H3. The Balaban J connectivity index is 1.70. The minimum atomic E-state index is -0.971. The summed E-state index contributed by atoms with van der Waals surface area (Å²) in [6.45, 7) is 9.28. The largest absolute Gasteiger partial charge is 0.472 e. The molecular weight excluding hydrogens is 476 g/mol. The lowest BCUT2D eigenvalue weighted by Gasteiger charge is -2.61. The molecule has 1 saturated carbocycles. The van der Waals surface area contributed by atoms with Crippen molar-refractivity contribution in [2.45, 2.75) is 72.5 Å². The molecule has 0 amide bonds. The van der Waals surface area contributed by atoms with Gasteiger partial charge in [-0.3, -0.25) is 14.4 Å². The smallest absolute Gasteiger partial charge is 0.331 e. The third-order valence-corrected chi connectivity index (χ3v) is 9.60. The molecular formula is C29H34O8. The molecule has 6 atom stereocenters. The van der Waals surface area contributed by atoms with Gasteiger partial charge in [-0.1, -0.05) is 26.3 Å². The van der Waals surface area contributed by atoms with Crippen molar-refractivity contribution in [3.63, 3.8) is 0 Å². The second-order valence-corrected chi connectivity index (χ2v) is 11.9. The maximum absolute atomic E-state index is 14.2. The molecule has 8 nitrogen and oxygen atoms in total. The van der Waals surface area contributed by atoms with Crippen LogP contribution in [0.15, 0.2) is 45.8 Å². The molecule has 3 aliphatic carbocycles. The molecule has 1 aromatic rings. The van der Waals surface area contributed by atoms with Gasteiger partial charge in [-0.2, -0.15) is 0 Å². The first-order valence-electron chi connectivity index (χ1n) is 12.8. The number of fused-ring (bicyclic) bond motifs is 5. The number of ketones is 1. The lowest BCUT2D eigenvalue weighted by atomic mass is 9.43. The number of carbonyl (C=O) groups excluding carboxylic acids is 4. The summed E-state index contributed by atoms with van der Waals surface area (Å²) in [6.07, 6.45) is 5.14. The van der Waals surface area contributed by atoms with Crippen LogP contribution >= 0.6 is 0 Å². The van der Waals surface area contributed by atoms with Gasteiger partial charge in [0.15, 0.2) is 0 Å². The van der Waals surface area contributed by atoms with Crippen molar-refractivity contribution in [1.82, 2.24) is 0 Å². The van der Waals surface area contributed by atoms with E-state index in [9.17, 15) is 19.2 Å². The second kappa shape index (κ2) is 8.43. The number of furan rings is 1. The Kier molecular flexibility index (Phi) is 5.81. The van der Waals surface area contributed by atoms with E-state index in [1.807, 2.05) is 26.8 Å². The summed E-state index contributed by atoms with van der Waals surface area (Å²) in [6, 6.07) is 1.81. The van der Waals surface area contributed by atoms with Gasteiger partial charge in [0.25, 0.3) is 0 Å². The van der Waals surface area contributed by atoms with Crippen LogP contribution in [0.1, 0.15) is 72.0 Å². The van der Waals surface area contributed by atoms with Crippen LogP contribution in [0, 0.1) is 28.1 Å². The maximum atomic E-state index is 14.2. The summed E-state index contributed by atoms with van der Waals surface area (Å²) in [7, 11) is 1.33. The number of hydrogen-bond donors (Lipinski definition) is 0. The Morgan fingerprint density at radius 1 is 1.16 bits per heavy atom. The molecule has 2 bridgehead atoms. The van der Waals surface area contributed by atoms with Gasteiger partial charge in [0.05, 0.1) is 37.4 Å². The molecule has 0 radical (unpaired) electrons. The maximum Gasteiger partial charge on any atom is 0.331 e. The lowest BCUT2D eigenvalue weighted by molar-refractivity contribution is -0.186. The fourth-order valence-electron chi connectivity index (χ4n) is 7.83. The van der Waals surface area contributed by atoms with Gasteiger partial charge < -0.3 is 18.6 Å². The van der Waals surface area contributed by atoms with E-state index < -0.39 is 58.2 Å². The molecule has 37 heavy (non-hydrogen) atoms. The third-order valence-electron chi connectivity index (χ3n) is 9.60. The van der Waals surface area contributed by atoms with E-state index in [1.54, 1.807) is 18.6 Å². The molecule has 198 valence electrons. The zero-order valence-corrected chi connectivity index (χ0v) is 22.2. The SMILES string of the molecule is COC(=O)CC1C2(C)C(=O)C(CC3=C2CCC2(C)C3=CC(=O)OC2c2ccoc2)C(OC(C)=O)C1(C)C. The number of esters is 3. The topological polar surface area (TPSA) is 109 Å². The highest BCUT2D eigenvalue weighted by atomic mass is 16.6. The van der Waals surface area contributed by atoms with Crippen molar-refractivity contribution < 1.29 is 37.8 Å². The number of allylic oxidation sites excluding steroid dienone is 2. The summed E-state index contributed by atoms with van der Waals surface area (Å²) >= 11 is 0. The Labute approximate surface area is 216 Å². The lowest BCUT2D eigenvalue weighted by Crippen LogP contribution is -2.64. The quantitative estimate of drug-likeness (QED) is 0.425. The van der Waals surface area contributed by atoms with Crippen molar-refractivity contribution in [2.24, 2.45) is 28.1 Å². The van der Waals surface area contributed by atoms with Gasteiger partial charge in [0, 0.05) is 29.4 Å². The highest BCUT2D eigenvalue weighted by molar-refractivity contribution is 5.96. The van der Waals surface area contributed by atoms with Crippen molar-refractivity contribution >= 4 is 23.7 Å². The van der Waals surface area contributed by atoms with E-state index in [0.29, 0.717) is 19.3 Å². The summed E-state index contributed by atoms with van der Waals surface area (Å²) in [5, 5.41) is 0. The van der Waals surface area contributed by atoms with Crippen LogP contribution in [0.5, 0.6) is 0 Å². The Morgan fingerprint density at radius 3 is 2.51 bits per heavy atom. The van der Waals surface area contributed by atoms with Gasteiger partial charge in [0.1, 0.15) is 18.0 Å². The zero-order chi connectivity index (χ0) is 26.9. The first kappa shape index (κ1) is 25.5. The zero-order valence-electron chi connectivity index (χ0n) is 22.2. The highest BCUT2D eigenvalue weighted by Crippen LogP contribution is 2.66. The third kappa shape index (κ3) is 3.55. The molecule has 0 N–H and O–H groups in total. The predicted molar refractivity (Wildman–Crippen MR) is 131 cm³/mol. The summed E-state index contributed by atoms with van der Waals surface area (Å²) in [4.78, 5) is 51.9. The average molecular weight is 511 g/mol. The molecule has 4 aliphatic rings. The van der Waals surface area contributed by atoms with E-state index in [-0.39, 0.29) is 12.2 Å². The molecule has 0 aromatic carbocycles. The number of rotatable bonds is 4. The Bertz CT molecular complexity index is 1230. The Hall–Kier alpha value is -3.16. The molecule has 8 heteroatoms. The van der Waals surface area contributed by atoms with Crippen molar-refractivity contribution in [1.29, 1.82) is 0 Å². The van der Waals surface area contributed by atoms with Crippen molar-refractivity contribution in [3.8, 4) is 0 Å².